The van der Waals surface area contributed by atoms with Crippen molar-refractivity contribution in [3.63, 3.8) is 0 Å². The van der Waals surface area contributed by atoms with E-state index in [-0.39, 0.29) is 11.5 Å². The van der Waals surface area contributed by atoms with Gasteiger partial charge in [0.1, 0.15) is 11.9 Å². The van der Waals surface area contributed by atoms with Crippen LogP contribution in [0.15, 0.2) is 94.8 Å². The minimum absolute atomic E-state index is 0.202. The molecule has 3 aromatic carbocycles. The number of fused-ring (bicyclic) bond motifs is 1. The number of para-hydroxylation sites is 2. The molecule has 0 unspecified atom stereocenters. The van der Waals surface area contributed by atoms with Gasteiger partial charge < -0.3 is 14.5 Å². The summed E-state index contributed by atoms with van der Waals surface area (Å²) in [5.41, 5.74) is 3.14. The molecule has 10 nitrogen and oxygen atoms in total. The molecule has 2 aromatic heterocycles. The van der Waals surface area contributed by atoms with Gasteiger partial charge in [0.2, 0.25) is 0 Å². The molecule has 0 radical (unpaired) electrons. The van der Waals surface area contributed by atoms with E-state index < -0.39 is 16.0 Å². The Balaban J connectivity index is 1.34. The summed E-state index contributed by atoms with van der Waals surface area (Å²) in [7, 11) is -3.78. The van der Waals surface area contributed by atoms with E-state index in [9.17, 15) is 13.2 Å². The lowest BCUT2D eigenvalue weighted by atomic mass is 10.1. The van der Waals surface area contributed by atoms with Crippen LogP contribution >= 0.6 is 38.5 Å². The number of piperazine rings is 1. The van der Waals surface area contributed by atoms with E-state index in [1.807, 2.05) is 36.4 Å². The first-order chi connectivity index (χ1) is 21.2. The second-order valence-electron chi connectivity index (χ2n) is 10.1. The molecule has 1 aliphatic rings. The zero-order valence-electron chi connectivity index (χ0n) is 23.7. The first-order valence-corrected chi connectivity index (χ1v) is 17.3. The minimum Gasteiger partial charge on any atom is -0.462 e. The standard InChI is InChI=1S/C31H28BrIN6O4S/c1-2-43-31(40)28-29(24-19-21(32)7-12-25(24)35-30(28)39-14-13-34-20-39)38-17-15-37(16-18-38)27-6-4-3-5-26(27)36-44(41,42)23-10-8-22(33)9-11-23/h3-14,19-20,36H,2,15-18H2,1H3. The second kappa shape index (κ2) is 12.7. The lowest BCUT2D eigenvalue weighted by molar-refractivity contribution is 0.0526. The summed E-state index contributed by atoms with van der Waals surface area (Å²) in [4.78, 5) is 27.1. The number of pyridine rings is 1. The number of aromatic nitrogens is 3. The fourth-order valence-corrected chi connectivity index (χ4v) is 7.12. The molecule has 44 heavy (non-hydrogen) atoms. The van der Waals surface area contributed by atoms with Crippen molar-refractivity contribution in [2.75, 3.05) is 47.3 Å². The van der Waals surface area contributed by atoms with E-state index in [0.717, 1.165) is 30.3 Å². The summed E-state index contributed by atoms with van der Waals surface area (Å²) < 4.78 is 38.3. The van der Waals surface area contributed by atoms with Crippen LogP contribution in [0, 0.1) is 3.57 Å². The highest BCUT2D eigenvalue weighted by Crippen LogP contribution is 2.37. The number of ether oxygens (including phenoxy) is 1. The third-order valence-corrected chi connectivity index (χ3v) is 9.93. The molecule has 1 fully saturated rings. The summed E-state index contributed by atoms with van der Waals surface area (Å²) >= 11 is 5.74. The maximum atomic E-state index is 13.5. The van der Waals surface area contributed by atoms with Gasteiger partial charge in [-0.25, -0.2) is 23.2 Å². The molecule has 0 aliphatic carbocycles. The highest BCUT2D eigenvalue weighted by molar-refractivity contribution is 14.1. The maximum absolute atomic E-state index is 13.5. The molecule has 0 bridgehead atoms. The number of sulfonamides is 1. The molecule has 5 aromatic rings. The van der Waals surface area contributed by atoms with Crippen molar-refractivity contribution in [1.82, 2.24) is 14.5 Å². The first kappa shape index (κ1) is 30.3. The van der Waals surface area contributed by atoms with Gasteiger partial charge in [0, 0.05) is 52.0 Å². The van der Waals surface area contributed by atoms with Crippen LogP contribution in [-0.4, -0.2) is 61.7 Å². The largest absolute Gasteiger partial charge is 0.462 e. The Labute approximate surface area is 277 Å². The SMILES string of the molecule is CCOC(=O)c1c(-n2ccnc2)nc2ccc(Br)cc2c1N1CCN(c2ccccc2NS(=O)(=O)c2ccc(I)cc2)CC1. The van der Waals surface area contributed by atoms with Gasteiger partial charge in [0.15, 0.2) is 5.82 Å². The number of imidazole rings is 1. The van der Waals surface area contributed by atoms with Gasteiger partial charge in [-0.05, 0) is 84.1 Å². The average Bonchev–Trinajstić information content (AvgIpc) is 3.56. The van der Waals surface area contributed by atoms with Crippen molar-refractivity contribution in [3.05, 3.63) is 99.1 Å². The van der Waals surface area contributed by atoms with E-state index in [0.29, 0.717) is 43.2 Å². The smallest absolute Gasteiger partial charge is 0.344 e. The number of nitrogens with one attached hydrogen (secondary N) is 1. The van der Waals surface area contributed by atoms with Crippen molar-refractivity contribution in [2.24, 2.45) is 0 Å². The fraction of sp³-hybridized carbons (Fsp3) is 0.194. The number of nitrogens with zero attached hydrogens (tertiary/aromatic N) is 5. The zero-order chi connectivity index (χ0) is 30.8. The van der Waals surface area contributed by atoms with E-state index in [2.05, 4.69) is 58.0 Å². The van der Waals surface area contributed by atoms with Crippen LogP contribution in [0.1, 0.15) is 17.3 Å². The summed E-state index contributed by atoms with van der Waals surface area (Å²) in [6.07, 6.45) is 5.02. The average molecular weight is 787 g/mol. The number of carbonyl (C=O) groups is 1. The third kappa shape index (κ3) is 6.13. The van der Waals surface area contributed by atoms with Crippen molar-refractivity contribution in [1.29, 1.82) is 0 Å². The number of hydrogen-bond acceptors (Lipinski definition) is 8. The monoisotopic (exact) mass is 786 g/mol. The highest BCUT2D eigenvalue weighted by atomic mass is 127. The van der Waals surface area contributed by atoms with Crippen LogP contribution in [0.2, 0.25) is 0 Å². The van der Waals surface area contributed by atoms with Gasteiger partial charge >= 0.3 is 5.97 Å². The second-order valence-corrected chi connectivity index (χ2v) is 13.9. The van der Waals surface area contributed by atoms with Crippen LogP contribution in [0.3, 0.4) is 0 Å². The Morgan fingerprint density at radius 2 is 1.75 bits per heavy atom. The summed E-state index contributed by atoms with van der Waals surface area (Å²) in [6.45, 7) is 4.31. The molecular weight excluding hydrogens is 759 g/mol. The number of anilines is 3. The molecule has 1 saturated heterocycles. The Morgan fingerprint density at radius 1 is 1.02 bits per heavy atom. The molecule has 0 spiro atoms. The van der Waals surface area contributed by atoms with Crippen molar-refractivity contribution in [2.45, 2.75) is 11.8 Å². The van der Waals surface area contributed by atoms with Crippen LogP contribution in [0.25, 0.3) is 16.7 Å². The van der Waals surface area contributed by atoms with Crippen LogP contribution in [0.4, 0.5) is 17.1 Å². The van der Waals surface area contributed by atoms with Gasteiger partial charge in [-0.15, -0.1) is 0 Å². The number of hydrogen-bond donors (Lipinski definition) is 1. The molecule has 1 aliphatic heterocycles. The van der Waals surface area contributed by atoms with Crippen LogP contribution < -0.4 is 14.5 Å². The number of rotatable bonds is 8. The maximum Gasteiger partial charge on any atom is 0.344 e. The molecule has 0 saturated carbocycles. The first-order valence-electron chi connectivity index (χ1n) is 13.9. The van der Waals surface area contributed by atoms with E-state index in [1.165, 1.54) is 0 Å². The van der Waals surface area contributed by atoms with E-state index in [4.69, 9.17) is 9.72 Å². The lowest BCUT2D eigenvalue weighted by Gasteiger charge is -2.39. The molecule has 3 heterocycles. The Morgan fingerprint density at radius 3 is 2.45 bits per heavy atom. The number of benzene rings is 3. The molecule has 1 N–H and O–H groups in total. The van der Waals surface area contributed by atoms with Gasteiger partial charge in [0.25, 0.3) is 10.0 Å². The van der Waals surface area contributed by atoms with Gasteiger partial charge in [0.05, 0.1) is 34.1 Å². The fourth-order valence-electron chi connectivity index (χ4n) is 5.32. The summed E-state index contributed by atoms with van der Waals surface area (Å²) in [5.74, 6) is -0.0121. The Bertz CT molecular complexity index is 1930. The summed E-state index contributed by atoms with van der Waals surface area (Å²) in [6, 6.07) is 20.0. The van der Waals surface area contributed by atoms with Gasteiger partial charge in [-0.3, -0.25) is 9.29 Å². The predicted molar refractivity (Wildman–Crippen MR) is 183 cm³/mol. The lowest BCUT2D eigenvalue weighted by Crippen LogP contribution is -2.47. The topological polar surface area (TPSA) is 110 Å². The minimum atomic E-state index is -3.78. The molecule has 226 valence electrons. The summed E-state index contributed by atoms with van der Waals surface area (Å²) in [5, 5.41) is 0.824. The van der Waals surface area contributed by atoms with Crippen molar-refractivity contribution < 1.29 is 17.9 Å². The molecule has 0 atom stereocenters. The van der Waals surface area contributed by atoms with E-state index >= 15 is 0 Å². The number of esters is 1. The third-order valence-electron chi connectivity index (χ3n) is 7.34. The van der Waals surface area contributed by atoms with Gasteiger partial charge in [-0.2, -0.15) is 0 Å². The predicted octanol–water partition coefficient (Wildman–Crippen LogP) is 6.09. The number of halogens is 2. The van der Waals surface area contributed by atoms with Gasteiger partial charge in [-0.1, -0.05) is 28.1 Å². The van der Waals surface area contributed by atoms with E-state index in [1.54, 1.807) is 60.5 Å². The van der Waals surface area contributed by atoms with Crippen LogP contribution in [0.5, 0.6) is 0 Å². The molecule has 6 rings (SSSR count). The van der Waals surface area contributed by atoms with Crippen molar-refractivity contribution in [3.8, 4) is 5.82 Å². The molecular formula is C31H28BrIN6O4S. The molecule has 0 amide bonds. The zero-order valence-corrected chi connectivity index (χ0v) is 28.2. The Hall–Kier alpha value is -3.69. The Kier molecular flexibility index (Phi) is 8.78. The highest BCUT2D eigenvalue weighted by Gasteiger charge is 2.30. The molecule has 13 heteroatoms. The van der Waals surface area contributed by atoms with Crippen LogP contribution in [-0.2, 0) is 14.8 Å². The number of carbonyl (C=O) groups excluding carboxylic acids is 1. The quantitative estimate of drug-likeness (QED) is 0.149. The normalized spacial score (nSPS) is 13.7. The van der Waals surface area contributed by atoms with Crippen molar-refractivity contribution >= 4 is 82.5 Å².